The van der Waals surface area contributed by atoms with E-state index in [9.17, 15) is 28.1 Å². The number of hydrogen-bond acceptors (Lipinski definition) is 3. The van der Waals surface area contributed by atoms with Gasteiger partial charge in [-0.3, -0.25) is 14.9 Å². The van der Waals surface area contributed by atoms with Gasteiger partial charge in [-0.2, -0.15) is 13.2 Å². The Balaban J connectivity index is 2.40. The van der Waals surface area contributed by atoms with Crippen LogP contribution in [-0.2, 0) is 6.18 Å². The van der Waals surface area contributed by atoms with Gasteiger partial charge < -0.3 is 5.32 Å². The summed E-state index contributed by atoms with van der Waals surface area (Å²) in [7, 11) is 0. The van der Waals surface area contributed by atoms with E-state index in [2.05, 4.69) is 5.32 Å². The number of carbonyl (C=O) groups is 1. The maximum Gasteiger partial charge on any atom is 0.416 e. The number of hydrogen-bond donors (Lipinski definition) is 1. The van der Waals surface area contributed by atoms with Crippen molar-refractivity contribution in [2.45, 2.75) is 6.18 Å². The van der Waals surface area contributed by atoms with Crippen LogP contribution in [0.2, 0.25) is 10.0 Å². The fourth-order valence-electron chi connectivity index (χ4n) is 1.88. The lowest BCUT2D eigenvalue weighted by Crippen LogP contribution is -2.15. The highest BCUT2D eigenvalue weighted by Crippen LogP contribution is 2.33. The molecule has 0 saturated carbocycles. The summed E-state index contributed by atoms with van der Waals surface area (Å²) in [5.41, 5.74) is -2.57. The highest BCUT2D eigenvalue weighted by atomic mass is 35.5. The van der Waals surface area contributed by atoms with Crippen molar-refractivity contribution in [3.8, 4) is 0 Å². The predicted octanol–water partition coefficient (Wildman–Crippen LogP) is 5.17. The molecule has 0 aliphatic heterocycles. The Morgan fingerprint density at radius 1 is 1.08 bits per heavy atom. The lowest BCUT2D eigenvalue weighted by Gasteiger charge is -2.10. The summed E-state index contributed by atoms with van der Waals surface area (Å²) in [4.78, 5) is 22.1. The van der Waals surface area contributed by atoms with Crippen LogP contribution in [0.1, 0.15) is 15.9 Å². The van der Waals surface area contributed by atoms with E-state index in [1.54, 1.807) is 0 Å². The largest absolute Gasteiger partial charge is 0.416 e. The Hall–Kier alpha value is -2.32. The zero-order valence-electron chi connectivity index (χ0n) is 11.5. The van der Waals surface area contributed by atoms with Crippen molar-refractivity contribution in [3.63, 3.8) is 0 Å². The molecule has 0 atom stereocenters. The number of alkyl halides is 3. The molecule has 0 aliphatic carbocycles. The first-order valence-corrected chi connectivity index (χ1v) is 6.96. The van der Waals surface area contributed by atoms with Crippen molar-refractivity contribution in [1.29, 1.82) is 0 Å². The molecule has 2 aromatic rings. The van der Waals surface area contributed by atoms with Gasteiger partial charge in [0.25, 0.3) is 11.6 Å². The summed E-state index contributed by atoms with van der Waals surface area (Å²) < 4.78 is 37.9. The van der Waals surface area contributed by atoms with Gasteiger partial charge in [0, 0.05) is 21.8 Å². The molecule has 1 amide bonds. The quantitative estimate of drug-likeness (QED) is 0.591. The van der Waals surface area contributed by atoms with Gasteiger partial charge in [-0.25, -0.2) is 0 Å². The predicted molar refractivity (Wildman–Crippen MR) is 82.5 cm³/mol. The molecule has 2 aromatic carbocycles. The number of carbonyl (C=O) groups excluding carboxylic acids is 1. The van der Waals surface area contributed by atoms with E-state index in [4.69, 9.17) is 23.2 Å². The van der Waals surface area contributed by atoms with Crippen molar-refractivity contribution in [3.05, 3.63) is 67.7 Å². The zero-order valence-corrected chi connectivity index (χ0v) is 13.0. The summed E-state index contributed by atoms with van der Waals surface area (Å²) in [6.45, 7) is 0. The molecule has 10 heteroatoms. The first-order chi connectivity index (χ1) is 11.1. The topological polar surface area (TPSA) is 72.2 Å². The van der Waals surface area contributed by atoms with Gasteiger partial charge in [-0.1, -0.05) is 23.2 Å². The van der Waals surface area contributed by atoms with Crippen LogP contribution in [0.3, 0.4) is 0 Å². The molecule has 126 valence electrons. The van der Waals surface area contributed by atoms with Crippen LogP contribution in [0.5, 0.6) is 0 Å². The Labute approximate surface area is 143 Å². The lowest BCUT2D eigenvalue weighted by molar-refractivity contribution is -0.385. The monoisotopic (exact) mass is 378 g/mol. The maximum atomic E-state index is 12.6. The van der Waals surface area contributed by atoms with E-state index in [0.29, 0.717) is 12.1 Å². The number of nitrogens with zero attached hydrogens (tertiary/aromatic N) is 1. The zero-order chi connectivity index (χ0) is 18.1. The van der Waals surface area contributed by atoms with E-state index in [1.165, 1.54) is 18.2 Å². The molecule has 0 aliphatic rings. The average Bonchev–Trinajstić information content (AvgIpc) is 2.44. The van der Waals surface area contributed by atoms with Gasteiger partial charge >= 0.3 is 6.18 Å². The van der Waals surface area contributed by atoms with Gasteiger partial charge in [0.1, 0.15) is 5.56 Å². The normalized spacial score (nSPS) is 11.2. The molecule has 0 aromatic heterocycles. The van der Waals surface area contributed by atoms with E-state index >= 15 is 0 Å². The fourth-order valence-corrected chi connectivity index (χ4v) is 2.40. The van der Waals surface area contributed by atoms with E-state index in [1.807, 2.05) is 0 Å². The molecular weight excluding hydrogens is 372 g/mol. The van der Waals surface area contributed by atoms with Crippen molar-refractivity contribution >= 4 is 40.5 Å². The number of nitro benzene ring substituents is 1. The summed E-state index contributed by atoms with van der Waals surface area (Å²) in [6.07, 6.45) is -4.76. The molecule has 0 saturated heterocycles. The van der Waals surface area contributed by atoms with Crippen LogP contribution in [0.15, 0.2) is 36.4 Å². The van der Waals surface area contributed by atoms with Crippen LogP contribution in [0, 0.1) is 10.1 Å². The molecular formula is C14H7Cl2F3N2O3. The molecule has 0 fully saturated rings. The summed E-state index contributed by atoms with van der Waals surface area (Å²) in [6, 6.07) is 5.71. The number of halogens is 5. The molecule has 2 rings (SSSR count). The molecule has 5 nitrogen and oxygen atoms in total. The Bertz CT molecular complexity index is 805. The lowest BCUT2D eigenvalue weighted by atomic mass is 10.1. The van der Waals surface area contributed by atoms with Crippen molar-refractivity contribution < 1.29 is 22.9 Å². The molecule has 0 unspecified atom stereocenters. The minimum atomic E-state index is -4.76. The second kappa shape index (κ2) is 6.66. The first-order valence-electron chi connectivity index (χ1n) is 6.21. The van der Waals surface area contributed by atoms with E-state index < -0.39 is 33.8 Å². The van der Waals surface area contributed by atoms with Gasteiger partial charge in [0.05, 0.1) is 10.5 Å². The van der Waals surface area contributed by atoms with Crippen molar-refractivity contribution in [2.24, 2.45) is 0 Å². The third-order valence-corrected chi connectivity index (χ3v) is 3.32. The van der Waals surface area contributed by atoms with E-state index in [0.717, 1.165) is 6.07 Å². The standard InChI is InChI=1S/C14H7Cl2F3N2O3/c15-8-4-9(16)6-10(5-8)20-13(22)11-2-1-7(14(17,18)19)3-12(11)21(23)24/h1-6H,(H,20,22). The van der Waals surface area contributed by atoms with Gasteiger partial charge in [-0.15, -0.1) is 0 Å². The summed E-state index contributed by atoms with van der Waals surface area (Å²) >= 11 is 11.5. The van der Waals surface area contributed by atoms with E-state index in [-0.39, 0.29) is 15.7 Å². The number of nitrogens with one attached hydrogen (secondary N) is 1. The van der Waals surface area contributed by atoms with Crippen LogP contribution in [0.4, 0.5) is 24.5 Å². The number of nitro groups is 1. The Kier molecular flexibility index (Phi) is 5.00. The van der Waals surface area contributed by atoms with Crippen LogP contribution in [-0.4, -0.2) is 10.8 Å². The molecule has 0 heterocycles. The van der Waals surface area contributed by atoms with Gasteiger partial charge in [-0.05, 0) is 30.3 Å². The molecule has 1 N–H and O–H groups in total. The minimum Gasteiger partial charge on any atom is -0.322 e. The third kappa shape index (κ3) is 4.15. The molecule has 0 bridgehead atoms. The maximum absolute atomic E-state index is 12.6. The highest BCUT2D eigenvalue weighted by molar-refractivity contribution is 6.35. The number of benzene rings is 2. The Morgan fingerprint density at radius 3 is 2.17 bits per heavy atom. The van der Waals surface area contributed by atoms with Gasteiger partial charge in [0.2, 0.25) is 0 Å². The third-order valence-electron chi connectivity index (χ3n) is 2.89. The molecule has 0 spiro atoms. The van der Waals surface area contributed by atoms with Crippen LogP contribution >= 0.6 is 23.2 Å². The van der Waals surface area contributed by atoms with Crippen LogP contribution < -0.4 is 5.32 Å². The molecule has 0 radical (unpaired) electrons. The van der Waals surface area contributed by atoms with Crippen molar-refractivity contribution in [2.75, 3.05) is 5.32 Å². The van der Waals surface area contributed by atoms with Gasteiger partial charge in [0.15, 0.2) is 0 Å². The Morgan fingerprint density at radius 2 is 1.67 bits per heavy atom. The van der Waals surface area contributed by atoms with Crippen molar-refractivity contribution in [1.82, 2.24) is 0 Å². The summed E-state index contributed by atoms with van der Waals surface area (Å²) in [5, 5.41) is 13.7. The average molecular weight is 379 g/mol. The highest BCUT2D eigenvalue weighted by Gasteiger charge is 2.34. The second-order valence-corrected chi connectivity index (χ2v) is 5.47. The first kappa shape index (κ1) is 18.0. The van der Waals surface area contributed by atoms with Crippen LogP contribution in [0.25, 0.3) is 0 Å². The number of anilines is 1. The minimum absolute atomic E-state index is 0.145. The molecule has 24 heavy (non-hydrogen) atoms. The summed E-state index contributed by atoms with van der Waals surface area (Å²) in [5.74, 6) is -0.964. The number of amides is 1. The fraction of sp³-hybridized carbons (Fsp3) is 0.0714. The number of rotatable bonds is 3. The smallest absolute Gasteiger partial charge is 0.322 e. The SMILES string of the molecule is O=C(Nc1cc(Cl)cc(Cl)c1)c1ccc(C(F)(F)F)cc1[N+](=O)[O-]. The second-order valence-electron chi connectivity index (χ2n) is 4.60.